The Labute approximate surface area is 201 Å². The van der Waals surface area contributed by atoms with Crippen molar-refractivity contribution >= 4 is 28.1 Å². The number of aromatic nitrogens is 1. The highest BCUT2D eigenvalue weighted by Crippen LogP contribution is 2.38. The third-order valence-corrected chi connectivity index (χ3v) is 5.78. The van der Waals surface area contributed by atoms with Crippen LogP contribution in [0.15, 0.2) is 65.1 Å². The van der Waals surface area contributed by atoms with Crippen LogP contribution in [0.25, 0.3) is 28.6 Å². The van der Waals surface area contributed by atoms with Gasteiger partial charge >= 0.3 is 0 Å². The average molecular weight is 515 g/mol. The van der Waals surface area contributed by atoms with Gasteiger partial charge in [-0.15, -0.1) is 0 Å². The summed E-state index contributed by atoms with van der Waals surface area (Å²) in [5.41, 5.74) is 4.53. The van der Waals surface area contributed by atoms with Gasteiger partial charge in [0.1, 0.15) is 5.82 Å². The fraction of sp³-hybridized carbons (Fsp3) is 0.269. The maximum Gasteiger partial charge on any atom is 0.123 e. The lowest BCUT2D eigenvalue weighted by molar-refractivity contribution is -0.307. The van der Waals surface area contributed by atoms with Crippen molar-refractivity contribution in [2.75, 3.05) is 0 Å². The Morgan fingerprint density at radius 2 is 1.82 bits per heavy atom. The molecule has 2 atom stereocenters. The number of aliphatic hydroxyl groups is 2. The van der Waals surface area contributed by atoms with Gasteiger partial charge in [0.05, 0.1) is 17.9 Å². The number of carbonyl (C=O) groups excluding carboxylic acids is 1. The van der Waals surface area contributed by atoms with Crippen LogP contribution in [0.1, 0.15) is 38.3 Å². The Morgan fingerprint density at radius 1 is 1.12 bits per heavy atom. The summed E-state index contributed by atoms with van der Waals surface area (Å²) in [6.45, 7) is 4.11. The van der Waals surface area contributed by atoms with E-state index in [4.69, 9.17) is 0 Å². The molecule has 0 radical (unpaired) electrons. The zero-order valence-electron chi connectivity index (χ0n) is 18.4. The topological polar surface area (TPSA) is 85.5 Å². The van der Waals surface area contributed by atoms with E-state index in [1.807, 2.05) is 28.8 Å². The number of aliphatic carboxylic acids is 1. The molecule has 3 rings (SSSR count). The summed E-state index contributed by atoms with van der Waals surface area (Å²) < 4.78 is 16.4. The lowest BCUT2D eigenvalue weighted by Crippen LogP contribution is -2.29. The summed E-state index contributed by atoms with van der Waals surface area (Å²) >= 11 is 3.52. The molecular formula is C26H26BrFNO4-. The summed E-state index contributed by atoms with van der Waals surface area (Å²) in [5, 5.41) is 30.8. The fourth-order valence-corrected chi connectivity index (χ4v) is 4.15. The number of halogens is 2. The first-order valence-corrected chi connectivity index (χ1v) is 11.5. The zero-order valence-corrected chi connectivity index (χ0v) is 20.0. The Kier molecular flexibility index (Phi) is 8.24. The van der Waals surface area contributed by atoms with Gasteiger partial charge in [-0.2, -0.15) is 0 Å². The number of carboxylic acid groups (broad SMARTS) is 1. The predicted molar refractivity (Wildman–Crippen MR) is 129 cm³/mol. The van der Waals surface area contributed by atoms with Crippen LogP contribution in [0.5, 0.6) is 0 Å². The normalized spacial score (nSPS) is 13.5. The summed E-state index contributed by atoms with van der Waals surface area (Å²) in [6, 6.07) is 16.2. The van der Waals surface area contributed by atoms with Crippen LogP contribution in [0.3, 0.4) is 0 Å². The van der Waals surface area contributed by atoms with Crippen molar-refractivity contribution in [1.29, 1.82) is 0 Å². The van der Waals surface area contributed by atoms with Crippen LogP contribution in [0.4, 0.5) is 4.39 Å². The number of aliphatic hydroxyl groups excluding tert-OH is 2. The number of nitrogens with zero attached hydrogens (tertiary/aromatic N) is 1. The van der Waals surface area contributed by atoms with Crippen LogP contribution < -0.4 is 5.11 Å². The fourth-order valence-electron chi connectivity index (χ4n) is 3.75. The minimum atomic E-state index is -1.37. The third kappa shape index (κ3) is 6.41. The first kappa shape index (κ1) is 24.9. The second-order valence-corrected chi connectivity index (χ2v) is 9.16. The van der Waals surface area contributed by atoms with Gasteiger partial charge in [0, 0.05) is 46.3 Å². The van der Waals surface area contributed by atoms with Gasteiger partial charge in [0.15, 0.2) is 0 Å². The number of carbonyl (C=O) groups is 1. The second kappa shape index (κ2) is 10.9. The number of carboxylic acids is 1. The maximum absolute atomic E-state index is 13.6. The van der Waals surface area contributed by atoms with E-state index in [0.29, 0.717) is 0 Å². The molecule has 2 N–H and O–H groups in total. The lowest BCUT2D eigenvalue weighted by atomic mass is 10.0. The van der Waals surface area contributed by atoms with Crippen molar-refractivity contribution in [3.63, 3.8) is 0 Å². The monoisotopic (exact) mass is 514 g/mol. The second-order valence-electron chi connectivity index (χ2n) is 8.25. The van der Waals surface area contributed by atoms with E-state index in [1.165, 1.54) is 18.2 Å². The first-order valence-electron chi connectivity index (χ1n) is 10.7. The van der Waals surface area contributed by atoms with E-state index in [2.05, 4.69) is 35.8 Å². The molecule has 0 saturated carbocycles. The van der Waals surface area contributed by atoms with Crippen molar-refractivity contribution < 1.29 is 24.5 Å². The van der Waals surface area contributed by atoms with Gasteiger partial charge in [0.25, 0.3) is 0 Å². The minimum Gasteiger partial charge on any atom is -0.550 e. The SMILES string of the molecule is CC(C)c1cc(-c2ccc(F)cc2)c(-c2cccc(Br)c2)n1/C=C/[C@@H](O)C[C@@H](O)CC(=O)[O-]. The average Bonchev–Trinajstić information content (AvgIpc) is 3.12. The van der Waals surface area contributed by atoms with E-state index >= 15 is 0 Å². The molecule has 1 heterocycles. The van der Waals surface area contributed by atoms with E-state index in [9.17, 15) is 24.5 Å². The molecule has 0 saturated heterocycles. The smallest absolute Gasteiger partial charge is 0.123 e. The minimum absolute atomic E-state index is 0.125. The van der Waals surface area contributed by atoms with Crippen LogP contribution in [-0.4, -0.2) is 33.0 Å². The van der Waals surface area contributed by atoms with Crippen LogP contribution >= 0.6 is 15.9 Å². The summed E-state index contributed by atoms with van der Waals surface area (Å²) in [6.07, 6.45) is 0.341. The number of benzene rings is 2. The Hall–Kier alpha value is -2.74. The highest BCUT2D eigenvalue weighted by atomic mass is 79.9. The zero-order chi connectivity index (χ0) is 24.1. The molecule has 0 spiro atoms. The molecule has 3 aromatic rings. The van der Waals surface area contributed by atoms with Crippen molar-refractivity contribution in [3.05, 3.63) is 76.7 Å². The van der Waals surface area contributed by atoms with Crippen molar-refractivity contribution in [3.8, 4) is 22.4 Å². The molecule has 0 amide bonds. The molecule has 0 fully saturated rings. The molecule has 5 nitrogen and oxygen atoms in total. The molecule has 1 aromatic heterocycles. The molecule has 0 unspecified atom stereocenters. The maximum atomic E-state index is 13.6. The quantitative estimate of drug-likeness (QED) is 0.437. The van der Waals surface area contributed by atoms with Gasteiger partial charge in [-0.1, -0.05) is 54.0 Å². The summed E-state index contributed by atoms with van der Waals surface area (Å²) in [5.74, 6) is -1.55. The molecule has 2 aromatic carbocycles. The summed E-state index contributed by atoms with van der Waals surface area (Å²) in [4.78, 5) is 10.7. The predicted octanol–water partition coefficient (Wildman–Crippen LogP) is 4.57. The van der Waals surface area contributed by atoms with Gasteiger partial charge in [0.2, 0.25) is 0 Å². The van der Waals surface area contributed by atoms with Crippen molar-refractivity contribution in [1.82, 2.24) is 4.57 Å². The van der Waals surface area contributed by atoms with E-state index in [0.717, 1.165) is 32.6 Å². The molecule has 33 heavy (non-hydrogen) atoms. The van der Waals surface area contributed by atoms with Crippen LogP contribution in [0.2, 0.25) is 0 Å². The molecule has 0 aliphatic carbocycles. The molecule has 174 valence electrons. The third-order valence-electron chi connectivity index (χ3n) is 5.28. The largest absolute Gasteiger partial charge is 0.550 e. The molecule has 7 heteroatoms. The van der Waals surface area contributed by atoms with Crippen molar-refractivity contribution in [2.45, 2.75) is 44.8 Å². The highest BCUT2D eigenvalue weighted by molar-refractivity contribution is 9.10. The van der Waals surface area contributed by atoms with E-state index < -0.39 is 24.6 Å². The number of hydrogen-bond donors (Lipinski definition) is 2. The van der Waals surface area contributed by atoms with Gasteiger partial charge < -0.3 is 24.7 Å². The van der Waals surface area contributed by atoms with E-state index in [-0.39, 0.29) is 18.2 Å². The van der Waals surface area contributed by atoms with Crippen LogP contribution in [-0.2, 0) is 4.79 Å². The van der Waals surface area contributed by atoms with Gasteiger partial charge in [-0.05, 0) is 47.9 Å². The highest BCUT2D eigenvalue weighted by Gasteiger charge is 2.19. The number of hydrogen-bond acceptors (Lipinski definition) is 4. The molecule has 0 aliphatic heterocycles. The Bertz CT molecular complexity index is 1140. The molecule has 0 bridgehead atoms. The Balaban J connectivity index is 2.11. The van der Waals surface area contributed by atoms with Gasteiger partial charge in [-0.3, -0.25) is 0 Å². The molecule has 0 aliphatic rings. The van der Waals surface area contributed by atoms with Gasteiger partial charge in [-0.25, -0.2) is 4.39 Å². The standard InChI is InChI=1S/C26H27BrFNO4/c1-16(2)24-15-23(17-6-8-20(28)9-7-17)26(18-4-3-5-19(27)12-18)29(24)11-10-21(30)13-22(31)14-25(32)33/h3-12,15-16,21-22,30-31H,13-14H2,1-2H3,(H,32,33)/p-1/b11-10+/t21-,22-/m1/s1. The lowest BCUT2D eigenvalue weighted by Gasteiger charge is -2.16. The number of rotatable bonds is 9. The van der Waals surface area contributed by atoms with E-state index in [1.54, 1.807) is 18.3 Å². The first-order chi connectivity index (χ1) is 15.7. The van der Waals surface area contributed by atoms with Crippen molar-refractivity contribution in [2.24, 2.45) is 0 Å². The molecular weight excluding hydrogens is 489 g/mol. The van der Waals surface area contributed by atoms with Crippen LogP contribution in [0, 0.1) is 5.82 Å². The Morgan fingerprint density at radius 3 is 2.42 bits per heavy atom. The summed E-state index contributed by atoms with van der Waals surface area (Å²) in [7, 11) is 0.